The number of rotatable bonds is 3. The molecule has 1 atom stereocenters. The summed E-state index contributed by atoms with van der Waals surface area (Å²) >= 11 is 0. The van der Waals surface area contributed by atoms with E-state index in [1.165, 1.54) is 0 Å². The molecule has 2 aliphatic heterocycles. The first-order valence-corrected chi connectivity index (χ1v) is 7.58. The molecule has 3 rings (SSSR count). The highest BCUT2D eigenvalue weighted by molar-refractivity contribution is 5.79. The number of carbonyl (C=O) groups is 1. The Labute approximate surface area is 124 Å². The van der Waals surface area contributed by atoms with Crippen LogP contribution in [-0.4, -0.2) is 48.6 Å². The molecule has 2 fully saturated rings. The minimum Gasteiger partial charge on any atom is -0.361 e. The molecule has 0 aromatic carbocycles. The lowest BCUT2D eigenvalue weighted by atomic mass is 9.96. The van der Waals surface area contributed by atoms with Crippen LogP contribution >= 0.6 is 0 Å². The van der Waals surface area contributed by atoms with E-state index >= 15 is 0 Å². The van der Waals surface area contributed by atoms with Crippen LogP contribution < -0.4 is 0 Å². The quantitative estimate of drug-likeness (QED) is 0.844. The zero-order valence-electron chi connectivity index (χ0n) is 12.6. The van der Waals surface area contributed by atoms with E-state index < -0.39 is 0 Å². The van der Waals surface area contributed by atoms with E-state index in [0.29, 0.717) is 26.2 Å². The summed E-state index contributed by atoms with van der Waals surface area (Å²) in [5, 5.41) is 3.91. The summed E-state index contributed by atoms with van der Waals surface area (Å²) in [6, 6.07) is 0. The third kappa shape index (κ3) is 3.11. The number of likely N-dealkylation sites (tertiary alicyclic amines) is 1. The second-order valence-electron chi connectivity index (χ2n) is 5.83. The second-order valence-corrected chi connectivity index (χ2v) is 5.83. The van der Waals surface area contributed by atoms with Gasteiger partial charge in [-0.25, -0.2) is 0 Å². The van der Waals surface area contributed by atoms with Gasteiger partial charge in [-0.1, -0.05) is 5.16 Å². The Morgan fingerprint density at radius 2 is 2.10 bits per heavy atom. The first-order chi connectivity index (χ1) is 10.1. The van der Waals surface area contributed by atoms with Crippen LogP contribution in [0.3, 0.4) is 0 Å². The fourth-order valence-electron chi connectivity index (χ4n) is 3.12. The van der Waals surface area contributed by atoms with Crippen molar-refractivity contribution in [3.05, 3.63) is 17.0 Å². The van der Waals surface area contributed by atoms with Crippen molar-refractivity contribution in [3.63, 3.8) is 0 Å². The fourth-order valence-corrected chi connectivity index (χ4v) is 3.12. The molecule has 21 heavy (non-hydrogen) atoms. The molecule has 1 amide bonds. The first-order valence-electron chi connectivity index (χ1n) is 7.58. The van der Waals surface area contributed by atoms with Gasteiger partial charge in [0.05, 0.1) is 25.3 Å². The molecular formula is C15H22N2O4. The maximum Gasteiger partial charge on any atom is 0.227 e. The molecule has 1 aromatic heterocycles. The van der Waals surface area contributed by atoms with Gasteiger partial charge in [-0.15, -0.1) is 0 Å². The summed E-state index contributed by atoms with van der Waals surface area (Å²) in [5.41, 5.74) is 1.72. The summed E-state index contributed by atoms with van der Waals surface area (Å²) in [7, 11) is 0. The fraction of sp³-hybridized carbons (Fsp3) is 0.733. The zero-order chi connectivity index (χ0) is 14.8. The van der Waals surface area contributed by atoms with Crippen LogP contribution in [0.1, 0.15) is 29.9 Å². The highest BCUT2D eigenvalue weighted by atomic mass is 16.7. The van der Waals surface area contributed by atoms with Gasteiger partial charge in [0.1, 0.15) is 5.76 Å². The lowest BCUT2D eigenvalue weighted by Gasteiger charge is -2.34. The third-order valence-electron chi connectivity index (χ3n) is 4.35. The number of aryl methyl sites for hydroxylation is 2. The van der Waals surface area contributed by atoms with E-state index in [1.54, 1.807) is 0 Å². The Morgan fingerprint density at radius 3 is 2.76 bits per heavy atom. The normalized spacial score (nSPS) is 23.7. The van der Waals surface area contributed by atoms with Gasteiger partial charge in [-0.05, 0) is 26.7 Å². The van der Waals surface area contributed by atoms with Gasteiger partial charge < -0.3 is 18.9 Å². The topological polar surface area (TPSA) is 64.8 Å². The number of aromatic nitrogens is 1. The smallest absolute Gasteiger partial charge is 0.227 e. The molecule has 0 aliphatic carbocycles. The average molecular weight is 294 g/mol. The predicted molar refractivity (Wildman–Crippen MR) is 74.7 cm³/mol. The van der Waals surface area contributed by atoms with E-state index in [1.807, 2.05) is 18.7 Å². The van der Waals surface area contributed by atoms with Crippen LogP contribution in [-0.2, 0) is 20.7 Å². The third-order valence-corrected chi connectivity index (χ3v) is 4.35. The second kappa shape index (κ2) is 6.15. The summed E-state index contributed by atoms with van der Waals surface area (Å²) in [5.74, 6) is 1.15. The Morgan fingerprint density at radius 1 is 1.33 bits per heavy atom. The number of nitrogens with zero attached hydrogens (tertiary/aromatic N) is 2. The minimum absolute atomic E-state index is 0.132. The highest BCUT2D eigenvalue weighted by Crippen LogP contribution is 2.25. The van der Waals surface area contributed by atoms with Crippen molar-refractivity contribution in [3.8, 4) is 0 Å². The number of hydrogen-bond acceptors (Lipinski definition) is 5. The lowest BCUT2D eigenvalue weighted by molar-refractivity contribution is -0.138. The van der Waals surface area contributed by atoms with Crippen molar-refractivity contribution in [1.29, 1.82) is 0 Å². The molecular weight excluding hydrogens is 272 g/mol. The molecule has 1 aromatic rings. The number of ether oxygens (including phenoxy) is 2. The SMILES string of the molecule is Cc1noc(C)c1CC(=O)N1CCC[C@H](C2OCCO2)C1. The van der Waals surface area contributed by atoms with Crippen molar-refractivity contribution in [2.45, 2.75) is 39.4 Å². The van der Waals surface area contributed by atoms with Crippen molar-refractivity contribution in [2.24, 2.45) is 5.92 Å². The van der Waals surface area contributed by atoms with Crippen LogP contribution in [0.5, 0.6) is 0 Å². The molecule has 0 bridgehead atoms. The van der Waals surface area contributed by atoms with E-state index in [0.717, 1.165) is 36.4 Å². The predicted octanol–water partition coefficient (Wildman–Crippen LogP) is 1.45. The number of piperidine rings is 1. The van der Waals surface area contributed by atoms with E-state index in [-0.39, 0.29) is 18.1 Å². The van der Waals surface area contributed by atoms with Crippen molar-refractivity contribution in [1.82, 2.24) is 10.1 Å². The van der Waals surface area contributed by atoms with Gasteiger partial charge in [-0.2, -0.15) is 0 Å². The molecule has 0 saturated carbocycles. The van der Waals surface area contributed by atoms with Gasteiger partial charge in [0.25, 0.3) is 0 Å². The van der Waals surface area contributed by atoms with Crippen molar-refractivity contribution >= 4 is 5.91 Å². The molecule has 6 heteroatoms. The Balaban J connectivity index is 1.61. The molecule has 0 unspecified atom stereocenters. The Kier molecular flexibility index (Phi) is 4.26. The highest BCUT2D eigenvalue weighted by Gasteiger charge is 2.33. The monoisotopic (exact) mass is 294 g/mol. The first kappa shape index (κ1) is 14.5. The molecule has 0 spiro atoms. The van der Waals surface area contributed by atoms with Crippen molar-refractivity contribution < 1.29 is 18.8 Å². The maximum absolute atomic E-state index is 12.5. The van der Waals surface area contributed by atoms with Gasteiger partial charge in [0, 0.05) is 24.6 Å². The largest absolute Gasteiger partial charge is 0.361 e. The molecule has 0 N–H and O–H groups in total. The lowest BCUT2D eigenvalue weighted by Crippen LogP contribution is -2.44. The molecule has 116 valence electrons. The van der Waals surface area contributed by atoms with Crippen LogP contribution in [0.15, 0.2) is 4.52 Å². The average Bonchev–Trinajstić information content (AvgIpc) is 3.13. The maximum atomic E-state index is 12.5. The van der Waals surface area contributed by atoms with Crippen LogP contribution in [0.25, 0.3) is 0 Å². The molecule has 2 saturated heterocycles. The summed E-state index contributed by atoms with van der Waals surface area (Å²) < 4.78 is 16.3. The van der Waals surface area contributed by atoms with Crippen LogP contribution in [0, 0.1) is 19.8 Å². The van der Waals surface area contributed by atoms with Gasteiger partial charge >= 0.3 is 0 Å². The number of carbonyl (C=O) groups excluding carboxylic acids is 1. The van der Waals surface area contributed by atoms with Crippen LogP contribution in [0.2, 0.25) is 0 Å². The summed E-state index contributed by atoms with van der Waals surface area (Å²) in [4.78, 5) is 14.4. The molecule has 6 nitrogen and oxygen atoms in total. The number of amides is 1. The van der Waals surface area contributed by atoms with Gasteiger partial charge in [-0.3, -0.25) is 4.79 Å². The molecule has 0 radical (unpaired) electrons. The zero-order valence-corrected chi connectivity index (χ0v) is 12.6. The molecule has 3 heterocycles. The Hall–Kier alpha value is -1.40. The van der Waals surface area contributed by atoms with E-state index in [4.69, 9.17) is 14.0 Å². The number of hydrogen-bond donors (Lipinski definition) is 0. The summed E-state index contributed by atoms with van der Waals surface area (Å²) in [6.07, 6.45) is 2.28. The van der Waals surface area contributed by atoms with Gasteiger partial charge in [0.15, 0.2) is 6.29 Å². The van der Waals surface area contributed by atoms with Crippen molar-refractivity contribution in [2.75, 3.05) is 26.3 Å². The van der Waals surface area contributed by atoms with Crippen LogP contribution in [0.4, 0.5) is 0 Å². The van der Waals surface area contributed by atoms with E-state index in [9.17, 15) is 4.79 Å². The Bertz CT molecular complexity index is 488. The summed E-state index contributed by atoms with van der Waals surface area (Å²) in [6.45, 7) is 6.57. The molecule has 2 aliphatic rings. The minimum atomic E-state index is -0.139. The standard InChI is InChI=1S/C15H22N2O4/c1-10-13(11(2)21-16-10)8-14(18)17-5-3-4-12(9-17)15-19-6-7-20-15/h12,15H,3-9H2,1-2H3/t12-/m0/s1. The van der Waals surface area contributed by atoms with Gasteiger partial charge in [0.2, 0.25) is 5.91 Å². The van der Waals surface area contributed by atoms with E-state index in [2.05, 4.69) is 5.16 Å².